The number of Topliss-reactive ketones (excluding diaryl/α,β-unsaturated/α-hetero) is 1. The lowest BCUT2D eigenvalue weighted by Crippen LogP contribution is -2.38. The summed E-state index contributed by atoms with van der Waals surface area (Å²) in [6.07, 6.45) is 1.99. The molecule has 2 aromatic rings. The van der Waals surface area contributed by atoms with E-state index >= 15 is 0 Å². The van der Waals surface area contributed by atoms with Gasteiger partial charge in [-0.3, -0.25) is 9.69 Å². The largest absolute Gasteiger partial charge is 0.384 e. The molecule has 1 aliphatic carbocycles. The molecule has 1 aliphatic heterocycles. The van der Waals surface area contributed by atoms with Crippen molar-refractivity contribution in [3.63, 3.8) is 0 Å². The number of nitrogens with zero attached hydrogens (tertiary/aromatic N) is 2. The number of carbonyl (C=O) groups is 1. The van der Waals surface area contributed by atoms with Crippen LogP contribution in [0.15, 0.2) is 56.8 Å². The Bertz CT molecular complexity index is 1100. The van der Waals surface area contributed by atoms with Gasteiger partial charge in [0.2, 0.25) is 0 Å². The smallest absolute Gasteiger partial charge is 0.161 e. The number of benzene rings is 1. The predicted molar refractivity (Wildman–Crippen MR) is 116 cm³/mol. The Labute approximate surface area is 181 Å². The van der Waals surface area contributed by atoms with Crippen LogP contribution in [0.4, 0.5) is 5.69 Å². The van der Waals surface area contributed by atoms with Crippen molar-refractivity contribution in [1.29, 1.82) is 5.26 Å². The van der Waals surface area contributed by atoms with Gasteiger partial charge in [0.05, 0.1) is 23.2 Å². The number of carbonyl (C=O) groups excluding carboxylic acids is 1. The van der Waals surface area contributed by atoms with Crippen LogP contribution in [-0.4, -0.2) is 5.78 Å². The van der Waals surface area contributed by atoms with Crippen molar-refractivity contribution in [2.45, 2.75) is 32.1 Å². The number of hydrogen-bond acceptors (Lipinski definition) is 5. The summed E-state index contributed by atoms with van der Waals surface area (Å²) in [6, 6.07) is 9.85. The predicted octanol–water partition coefficient (Wildman–Crippen LogP) is 5.78. The molecule has 1 atom stereocenters. The van der Waals surface area contributed by atoms with Gasteiger partial charge in [0.1, 0.15) is 5.82 Å². The van der Waals surface area contributed by atoms with Crippen LogP contribution in [0.3, 0.4) is 0 Å². The third-order valence-corrected chi connectivity index (χ3v) is 7.43. The molecule has 0 radical (unpaired) electrons. The quantitative estimate of drug-likeness (QED) is 0.599. The van der Waals surface area contributed by atoms with E-state index < -0.39 is 5.92 Å². The number of nitriles is 1. The van der Waals surface area contributed by atoms with Crippen LogP contribution in [0.25, 0.3) is 0 Å². The number of hydrogen-bond donors (Lipinski definition) is 1. The van der Waals surface area contributed by atoms with Gasteiger partial charge in [-0.25, -0.2) is 0 Å². The fourth-order valence-corrected chi connectivity index (χ4v) is 5.70. The Morgan fingerprint density at radius 3 is 2.86 bits per heavy atom. The molecule has 0 amide bonds. The van der Waals surface area contributed by atoms with Gasteiger partial charge in [0, 0.05) is 37.4 Å². The van der Waals surface area contributed by atoms with E-state index in [1.54, 1.807) is 0 Å². The number of rotatable bonds is 2. The van der Waals surface area contributed by atoms with Crippen molar-refractivity contribution in [3.8, 4) is 6.07 Å². The van der Waals surface area contributed by atoms with Crippen LogP contribution in [0.2, 0.25) is 5.02 Å². The molecular formula is C21H17BrClN3OS. The van der Waals surface area contributed by atoms with Crippen LogP contribution in [0, 0.1) is 18.3 Å². The zero-order chi connectivity index (χ0) is 20.0. The maximum Gasteiger partial charge on any atom is 0.161 e. The van der Waals surface area contributed by atoms with Gasteiger partial charge in [-0.15, -0.1) is 11.3 Å². The Balaban J connectivity index is 2.00. The van der Waals surface area contributed by atoms with Gasteiger partial charge in [-0.05, 0) is 59.5 Å². The Hall–Kier alpha value is -2.07. The number of anilines is 1. The molecule has 4 nitrogen and oxygen atoms in total. The molecule has 28 heavy (non-hydrogen) atoms. The first-order valence-corrected chi connectivity index (χ1v) is 10.9. The zero-order valence-electron chi connectivity index (χ0n) is 15.1. The number of allylic oxidation sites excluding steroid dienone is 3. The molecule has 142 valence electrons. The summed E-state index contributed by atoms with van der Waals surface area (Å²) < 4.78 is 0.932. The highest BCUT2D eigenvalue weighted by Crippen LogP contribution is 2.48. The van der Waals surface area contributed by atoms with Gasteiger partial charge in [0.15, 0.2) is 5.78 Å². The summed E-state index contributed by atoms with van der Waals surface area (Å²) in [5.74, 6) is 0.0383. The average molecular weight is 475 g/mol. The first-order chi connectivity index (χ1) is 13.4. The molecule has 7 heteroatoms. The lowest BCUT2D eigenvalue weighted by Gasteiger charge is -2.40. The highest BCUT2D eigenvalue weighted by atomic mass is 79.9. The monoisotopic (exact) mass is 473 g/mol. The number of thiophene rings is 1. The van der Waals surface area contributed by atoms with Crippen molar-refractivity contribution >= 4 is 50.3 Å². The summed E-state index contributed by atoms with van der Waals surface area (Å²) in [6.45, 7) is 1.92. The lowest BCUT2D eigenvalue weighted by atomic mass is 9.78. The molecule has 0 fully saturated rings. The molecule has 0 unspecified atom stereocenters. The van der Waals surface area contributed by atoms with Gasteiger partial charge >= 0.3 is 0 Å². The van der Waals surface area contributed by atoms with E-state index in [2.05, 4.69) is 22.0 Å². The fourth-order valence-electron chi connectivity index (χ4n) is 3.96. The molecule has 4 rings (SSSR count). The van der Waals surface area contributed by atoms with Crippen molar-refractivity contribution in [1.82, 2.24) is 0 Å². The SMILES string of the molecule is Cc1c(Cl)cccc1N1C(N)=C(C#N)[C@H](c2cc(Br)cs2)C2=C1CCCC2=O. The molecule has 0 bridgehead atoms. The third-order valence-electron chi connectivity index (χ3n) is 5.27. The minimum absolute atomic E-state index is 0.0840. The first-order valence-electron chi connectivity index (χ1n) is 8.89. The van der Waals surface area contributed by atoms with E-state index in [-0.39, 0.29) is 5.78 Å². The van der Waals surface area contributed by atoms with Gasteiger partial charge in [-0.1, -0.05) is 17.7 Å². The summed E-state index contributed by atoms with van der Waals surface area (Å²) >= 11 is 11.4. The van der Waals surface area contributed by atoms with Crippen molar-refractivity contribution in [2.24, 2.45) is 5.73 Å². The molecule has 0 spiro atoms. The molecule has 1 aromatic heterocycles. The van der Waals surface area contributed by atoms with Crippen LogP contribution < -0.4 is 10.6 Å². The molecule has 1 aromatic carbocycles. The molecule has 2 N–H and O–H groups in total. The van der Waals surface area contributed by atoms with Crippen LogP contribution in [-0.2, 0) is 4.79 Å². The van der Waals surface area contributed by atoms with E-state index in [9.17, 15) is 10.1 Å². The molecule has 0 saturated heterocycles. The van der Waals surface area contributed by atoms with Gasteiger partial charge in [-0.2, -0.15) is 5.26 Å². The molecule has 0 saturated carbocycles. The van der Waals surface area contributed by atoms with E-state index in [0.717, 1.165) is 39.1 Å². The summed E-state index contributed by atoms with van der Waals surface area (Å²) in [5.41, 5.74) is 10.2. The third kappa shape index (κ3) is 2.98. The maximum atomic E-state index is 13.0. The molecule has 2 heterocycles. The standard InChI is InChI=1S/C21H17BrClN3OS/c1-11-14(23)4-2-5-15(11)26-16-6-3-7-17(27)20(16)19(13(9-24)21(26)25)18-8-12(22)10-28-18/h2,4-5,8,10,19H,3,6-7,25H2,1H3/t19-/m1/s1. The zero-order valence-corrected chi connectivity index (χ0v) is 18.3. The second-order valence-electron chi connectivity index (χ2n) is 6.87. The van der Waals surface area contributed by atoms with Crippen molar-refractivity contribution < 1.29 is 4.79 Å². The summed E-state index contributed by atoms with van der Waals surface area (Å²) in [4.78, 5) is 15.8. The van der Waals surface area contributed by atoms with Crippen molar-refractivity contribution in [2.75, 3.05) is 4.90 Å². The lowest BCUT2D eigenvalue weighted by molar-refractivity contribution is -0.116. The van der Waals surface area contributed by atoms with E-state index in [4.69, 9.17) is 17.3 Å². The normalized spacial score (nSPS) is 19.7. The highest BCUT2D eigenvalue weighted by Gasteiger charge is 2.41. The van der Waals surface area contributed by atoms with Crippen LogP contribution in [0.5, 0.6) is 0 Å². The second-order valence-corrected chi connectivity index (χ2v) is 9.13. The number of nitrogens with two attached hydrogens (primary N) is 1. The molecule has 2 aliphatic rings. The Morgan fingerprint density at radius 1 is 1.39 bits per heavy atom. The van der Waals surface area contributed by atoms with Crippen LogP contribution >= 0.6 is 38.9 Å². The fraction of sp³-hybridized carbons (Fsp3) is 0.238. The maximum absolute atomic E-state index is 13.0. The van der Waals surface area contributed by atoms with Crippen molar-refractivity contribution in [3.05, 3.63) is 72.2 Å². The van der Waals surface area contributed by atoms with Crippen LogP contribution in [0.1, 0.15) is 35.6 Å². The minimum atomic E-state index is -0.417. The second kappa shape index (κ2) is 7.40. The van der Waals surface area contributed by atoms with Gasteiger partial charge < -0.3 is 5.73 Å². The minimum Gasteiger partial charge on any atom is -0.384 e. The summed E-state index contributed by atoms with van der Waals surface area (Å²) in [7, 11) is 0. The van der Waals surface area contributed by atoms with E-state index in [0.29, 0.717) is 28.4 Å². The Kier molecular flexibility index (Phi) is 5.09. The molecular weight excluding hydrogens is 458 g/mol. The van der Waals surface area contributed by atoms with E-state index in [1.165, 1.54) is 11.3 Å². The van der Waals surface area contributed by atoms with Gasteiger partial charge in [0.25, 0.3) is 0 Å². The first kappa shape index (κ1) is 19.3. The number of ketones is 1. The highest BCUT2D eigenvalue weighted by molar-refractivity contribution is 9.10. The summed E-state index contributed by atoms with van der Waals surface area (Å²) in [5, 5.41) is 12.6. The van der Waals surface area contributed by atoms with E-state index in [1.807, 2.05) is 41.5 Å². The Morgan fingerprint density at radius 2 is 2.18 bits per heavy atom. The topological polar surface area (TPSA) is 70.1 Å². The number of halogens is 2. The average Bonchev–Trinajstić information content (AvgIpc) is 3.10.